The van der Waals surface area contributed by atoms with Crippen LogP contribution in [-0.2, 0) is 9.53 Å². The van der Waals surface area contributed by atoms with Crippen molar-refractivity contribution in [2.75, 3.05) is 13.2 Å². The van der Waals surface area contributed by atoms with Crippen LogP contribution in [0.25, 0.3) is 0 Å². The van der Waals surface area contributed by atoms with Gasteiger partial charge in [-0.05, 0) is 6.92 Å². The van der Waals surface area contributed by atoms with Crippen molar-refractivity contribution >= 4 is 20.0 Å². The number of ether oxygens (including phenoxy) is 1. The van der Waals surface area contributed by atoms with Crippen LogP contribution in [0.4, 0.5) is 18.0 Å². The molecule has 0 aliphatic carbocycles. The smallest absolute Gasteiger partial charge is 0.450 e. The van der Waals surface area contributed by atoms with Crippen molar-refractivity contribution in [2.45, 2.75) is 38.3 Å². The molecule has 0 rings (SSSR count). The molecule has 0 radical (unpaired) electrons. The van der Waals surface area contributed by atoms with Gasteiger partial charge in [-0.3, -0.25) is 4.79 Å². The number of ketones is 1. The van der Waals surface area contributed by atoms with Gasteiger partial charge in [0.1, 0.15) is 0 Å². The van der Waals surface area contributed by atoms with Crippen molar-refractivity contribution in [3.05, 3.63) is 0 Å². The van der Waals surface area contributed by atoms with Crippen LogP contribution in [-0.4, -0.2) is 39.3 Å². The molecule has 1 amide bonds. The van der Waals surface area contributed by atoms with E-state index >= 15 is 0 Å². The second kappa shape index (κ2) is 6.21. The number of rotatable bonds is 5. The highest BCUT2D eigenvalue weighted by Gasteiger charge is 2.47. The van der Waals surface area contributed by atoms with E-state index in [1.807, 2.05) is 0 Å². The third-order valence-corrected chi connectivity index (χ3v) is 4.92. The molecule has 0 saturated heterocycles. The lowest BCUT2D eigenvalue weighted by Gasteiger charge is -2.28. The van der Waals surface area contributed by atoms with Crippen molar-refractivity contribution in [1.82, 2.24) is 5.32 Å². The van der Waals surface area contributed by atoms with Crippen molar-refractivity contribution in [3.63, 3.8) is 0 Å². The van der Waals surface area contributed by atoms with E-state index in [2.05, 4.69) is 10.1 Å². The molecule has 8 heteroatoms. The molecule has 0 aliphatic heterocycles. The van der Waals surface area contributed by atoms with Crippen LogP contribution in [0.1, 0.15) is 6.92 Å². The predicted molar refractivity (Wildman–Crippen MR) is 63.2 cm³/mol. The number of hydrogen-bond donors (Lipinski definition) is 1. The Kier molecular flexibility index (Phi) is 5.85. The molecule has 1 atom stereocenters. The van der Waals surface area contributed by atoms with E-state index in [-0.39, 0.29) is 13.2 Å². The summed E-state index contributed by atoms with van der Waals surface area (Å²) in [5, 5.41) is 2.20. The van der Waals surface area contributed by atoms with Crippen LogP contribution in [0.15, 0.2) is 0 Å². The topological polar surface area (TPSA) is 55.4 Å². The Labute approximate surface area is 105 Å². The normalized spacial score (nSPS) is 13.9. The third-order valence-electron chi connectivity index (χ3n) is 2.37. The molecule has 0 bridgehead atoms. The first-order valence-corrected chi connectivity index (χ1v) is 9.09. The summed E-state index contributed by atoms with van der Waals surface area (Å²) < 4.78 is 41.8. The number of halogens is 3. The third kappa shape index (κ3) is 5.52. The predicted octanol–water partition coefficient (Wildman–Crippen LogP) is 2.57. The summed E-state index contributed by atoms with van der Waals surface area (Å²) in [5.74, 6) is -1.78. The molecule has 0 saturated carbocycles. The van der Waals surface area contributed by atoms with Gasteiger partial charge < -0.3 is 10.1 Å². The molecule has 1 N–H and O–H groups in total. The maximum Gasteiger partial charge on any atom is 0.450 e. The number of nitrogens with one attached hydrogen (secondary N) is 1. The lowest BCUT2D eigenvalue weighted by atomic mass is 10.2. The zero-order valence-electron chi connectivity index (χ0n) is 10.9. The fourth-order valence-corrected chi connectivity index (χ4v) is 3.02. The minimum Gasteiger partial charge on any atom is -0.450 e. The van der Waals surface area contributed by atoms with E-state index < -0.39 is 31.7 Å². The van der Waals surface area contributed by atoms with Gasteiger partial charge in [0.05, 0.1) is 14.7 Å². The van der Waals surface area contributed by atoms with E-state index in [1.54, 1.807) is 26.6 Å². The standard InChI is InChI=1S/C10H18F3NO3Si/c1-5-17-9(16)14-6-7(18(2,3)4)8(15)10(11,12)13/h7H,5-6H2,1-4H3,(H,14,16). The zero-order chi connectivity index (χ0) is 14.6. The molecular formula is C10H18F3NO3Si. The molecule has 0 aliphatic rings. The summed E-state index contributed by atoms with van der Waals surface area (Å²) in [6, 6.07) is 0. The van der Waals surface area contributed by atoms with Gasteiger partial charge >= 0.3 is 12.3 Å². The molecule has 106 valence electrons. The summed E-state index contributed by atoms with van der Waals surface area (Å²) in [6.07, 6.45) is -5.68. The number of alkyl carbamates (subject to hydrolysis) is 1. The number of Topliss-reactive ketones (excluding diaryl/α,β-unsaturated/α-hetero) is 1. The summed E-state index contributed by atoms with van der Waals surface area (Å²) >= 11 is 0. The Morgan fingerprint density at radius 3 is 2.11 bits per heavy atom. The van der Waals surface area contributed by atoms with Crippen molar-refractivity contribution in [2.24, 2.45) is 0 Å². The zero-order valence-corrected chi connectivity index (χ0v) is 11.9. The number of hydrogen-bond acceptors (Lipinski definition) is 3. The summed E-state index contributed by atoms with van der Waals surface area (Å²) in [4.78, 5) is 22.3. The molecule has 0 fully saturated rings. The van der Waals surface area contributed by atoms with Crippen LogP contribution < -0.4 is 5.32 Å². The summed E-state index contributed by atoms with van der Waals surface area (Å²) in [7, 11) is -2.39. The van der Waals surface area contributed by atoms with Gasteiger partial charge in [0.25, 0.3) is 0 Å². The quantitative estimate of drug-likeness (QED) is 0.790. The molecule has 18 heavy (non-hydrogen) atoms. The van der Waals surface area contributed by atoms with E-state index in [1.165, 1.54) is 0 Å². The Morgan fingerprint density at radius 2 is 1.78 bits per heavy atom. The van der Waals surface area contributed by atoms with Crippen LogP contribution in [0.3, 0.4) is 0 Å². The molecule has 0 aromatic heterocycles. The fraction of sp³-hybridized carbons (Fsp3) is 0.800. The van der Waals surface area contributed by atoms with E-state index in [0.717, 1.165) is 0 Å². The summed E-state index contributed by atoms with van der Waals surface area (Å²) in [5.41, 5.74) is -1.21. The monoisotopic (exact) mass is 285 g/mol. The van der Waals surface area contributed by atoms with Crippen LogP contribution in [0.2, 0.25) is 25.2 Å². The van der Waals surface area contributed by atoms with Gasteiger partial charge in [-0.15, -0.1) is 0 Å². The minimum absolute atomic E-state index is 0.122. The molecule has 4 nitrogen and oxygen atoms in total. The largest absolute Gasteiger partial charge is 0.450 e. The number of carbonyl (C=O) groups excluding carboxylic acids is 2. The molecular weight excluding hydrogens is 267 g/mol. The highest BCUT2D eigenvalue weighted by atomic mass is 28.3. The van der Waals surface area contributed by atoms with Crippen LogP contribution >= 0.6 is 0 Å². The van der Waals surface area contributed by atoms with E-state index in [4.69, 9.17) is 0 Å². The van der Waals surface area contributed by atoms with Gasteiger partial charge in [0, 0.05) is 12.1 Å². The first-order chi connectivity index (χ1) is 8.00. The number of carbonyl (C=O) groups is 2. The van der Waals surface area contributed by atoms with Crippen molar-refractivity contribution in [3.8, 4) is 0 Å². The Morgan fingerprint density at radius 1 is 1.28 bits per heavy atom. The van der Waals surface area contributed by atoms with Crippen LogP contribution in [0.5, 0.6) is 0 Å². The molecule has 1 unspecified atom stereocenters. The van der Waals surface area contributed by atoms with Crippen molar-refractivity contribution < 1.29 is 27.5 Å². The fourth-order valence-electron chi connectivity index (χ4n) is 1.36. The molecule has 0 spiro atoms. The van der Waals surface area contributed by atoms with Crippen LogP contribution in [0, 0.1) is 0 Å². The van der Waals surface area contributed by atoms with Gasteiger partial charge in [0.15, 0.2) is 0 Å². The summed E-state index contributed by atoms with van der Waals surface area (Å²) in [6.45, 7) is 6.30. The molecule has 0 heterocycles. The first-order valence-electron chi connectivity index (χ1n) is 5.51. The van der Waals surface area contributed by atoms with Gasteiger partial charge in [0.2, 0.25) is 5.78 Å². The average molecular weight is 285 g/mol. The Balaban J connectivity index is 4.74. The molecule has 0 aromatic rings. The van der Waals surface area contributed by atoms with Crippen molar-refractivity contribution in [1.29, 1.82) is 0 Å². The van der Waals surface area contributed by atoms with Gasteiger partial charge in [-0.2, -0.15) is 13.2 Å². The lowest BCUT2D eigenvalue weighted by Crippen LogP contribution is -2.46. The number of alkyl halides is 3. The highest BCUT2D eigenvalue weighted by Crippen LogP contribution is 2.30. The Hall–Kier alpha value is -1.05. The Bertz CT molecular complexity index is 312. The second-order valence-corrected chi connectivity index (χ2v) is 10.3. The maximum atomic E-state index is 12.4. The lowest BCUT2D eigenvalue weighted by molar-refractivity contribution is -0.171. The van der Waals surface area contributed by atoms with E-state index in [0.29, 0.717) is 0 Å². The van der Waals surface area contributed by atoms with Gasteiger partial charge in [-0.1, -0.05) is 19.6 Å². The van der Waals surface area contributed by atoms with Gasteiger partial charge in [-0.25, -0.2) is 4.79 Å². The maximum absolute atomic E-state index is 12.4. The van der Waals surface area contributed by atoms with E-state index in [9.17, 15) is 22.8 Å². The first kappa shape index (κ1) is 16.9. The second-order valence-electron chi connectivity index (χ2n) is 4.88. The average Bonchev–Trinajstić information content (AvgIpc) is 2.14. The SMILES string of the molecule is CCOC(=O)NCC(C(=O)C(F)(F)F)[Si](C)(C)C. The molecule has 0 aromatic carbocycles. The minimum atomic E-state index is -4.87. The number of amides is 1. The highest BCUT2D eigenvalue weighted by molar-refractivity contribution is 6.80.